The number of ether oxygens (including phenoxy) is 1. The molecule has 0 spiro atoms. The number of hydrogen-bond donors (Lipinski definition) is 1. The molecule has 1 fully saturated rings. The van der Waals surface area contributed by atoms with Gasteiger partial charge in [-0.15, -0.1) is 0 Å². The van der Waals surface area contributed by atoms with E-state index >= 15 is 0 Å². The lowest BCUT2D eigenvalue weighted by Gasteiger charge is -2.37. The van der Waals surface area contributed by atoms with Crippen LogP contribution in [0.25, 0.3) is 0 Å². The third-order valence-electron chi connectivity index (χ3n) is 5.07. The van der Waals surface area contributed by atoms with Crippen LogP contribution in [0.1, 0.15) is 44.4 Å². The highest BCUT2D eigenvalue weighted by molar-refractivity contribution is 5.58. The highest BCUT2D eigenvalue weighted by Gasteiger charge is 2.20. The standard InChI is InChI=1S/C23H32N2O2/c1-4-22(26)20-9-7-8-19(16-20)17-24-12-14-25(15-13-24)21-10-5-6-11-23(21)27-18(2)3/h5-11,16,18,22,26H,4,12-15,17H2,1-3H3. The van der Waals surface area contributed by atoms with E-state index < -0.39 is 0 Å². The van der Waals surface area contributed by atoms with Crippen molar-refractivity contribution in [3.05, 3.63) is 59.7 Å². The first kappa shape index (κ1) is 19.7. The van der Waals surface area contributed by atoms with Crippen LogP contribution in [0.3, 0.4) is 0 Å². The van der Waals surface area contributed by atoms with Crippen molar-refractivity contribution in [2.24, 2.45) is 0 Å². The average Bonchev–Trinajstić information content (AvgIpc) is 2.68. The Morgan fingerprint density at radius 3 is 2.44 bits per heavy atom. The molecule has 0 radical (unpaired) electrons. The van der Waals surface area contributed by atoms with Crippen molar-refractivity contribution in [3.8, 4) is 5.75 Å². The number of hydrogen-bond acceptors (Lipinski definition) is 4. The van der Waals surface area contributed by atoms with Crippen LogP contribution in [0.2, 0.25) is 0 Å². The van der Waals surface area contributed by atoms with E-state index in [1.165, 1.54) is 11.3 Å². The Kier molecular flexibility index (Phi) is 6.75. The van der Waals surface area contributed by atoms with Gasteiger partial charge in [-0.25, -0.2) is 0 Å². The molecular weight excluding hydrogens is 336 g/mol. The molecule has 1 N–H and O–H groups in total. The van der Waals surface area contributed by atoms with E-state index in [4.69, 9.17) is 4.74 Å². The predicted molar refractivity (Wildman–Crippen MR) is 111 cm³/mol. The number of piperazine rings is 1. The highest BCUT2D eigenvalue weighted by Crippen LogP contribution is 2.30. The molecule has 1 atom stereocenters. The molecule has 0 bridgehead atoms. The molecule has 2 aromatic carbocycles. The zero-order valence-electron chi connectivity index (χ0n) is 16.8. The zero-order chi connectivity index (χ0) is 19.2. The van der Waals surface area contributed by atoms with Crippen molar-refractivity contribution in [2.75, 3.05) is 31.1 Å². The Morgan fingerprint density at radius 1 is 1.00 bits per heavy atom. The van der Waals surface area contributed by atoms with E-state index in [0.717, 1.165) is 50.5 Å². The molecule has 0 aromatic heterocycles. The molecule has 146 valence electrons. The van der Waals surface area contributed by atoms with Gasteiger partial charge in [0.25, 0.3) is 0 Å². The lowest BCUT2D eigenvalue weighted by molar-refractivity contribution is 0.173. The van der Waals surface area contributed by atoms with Gasteiger partial charge in [0.15, 0.2) is 0 Å². The molecule has 0 saturated carbocycles. The summed E-state index contributed by atoms with van der Waals surface area (Å²) in [5, 5.41) is 10.1. The van der Waals surface area contributed by atoms with Gasteiger partial charge in [0.05, 0.1) is 17.9 Å². The van der Waals surface area contributed by atoms with E-state index in [-0.39, 0.29) is 12.2 Å². The van der Waals surface area contributed by atoms with Gasteiger partial charge < -0.3 is 14.7 Å². The maximum atomic E-state index is 10.1. The van der Waals surface area contributed by atoms with Crippen LogP contribution < -0.4 is 9.64 Å². The van der Waals surface area contributed by atoms with E-state index in [0.29, 0.717) is 0 Å². The molecule has 1 saturated heterocycles. The molecule has 4 heteroatoms. The topological polar surface area (TPSA) is 35.9 Å². The van der Waals surface area contributed by atoms with Crippen molar-refractivity contribution < 1.29 is 9.84 Å². The van der Waals surface area contributed by atoms with Crippen molar-refractivity contribution >= 4 is 5.69 Å². The molecule has 1 aliphatic rings. The van der Waals surface area contributed by atoms with Crippen LogP contribution in [0.4, 0.5) is 5.69 Å². The second-order valence-electron chi connectivity index (χ2n) is 7.57. The van der Waals surface area contributed by atoms with Crippen LogP contribution in [-0.2, 0) is 6.54 Å². The van der Waals surface area contributed by atoms with Gasteiger partial charge >= 0.3 is 0 Å². The largest absolute Gasteiger partial charge is 0.489 e. The van der Waals surface area contributed by atoms with Crippen molar-refractivity contribution in [1.29, 1.82) is 0 Å². The fourth-order valence-electron chi connectivity index (χ4n) is 3.61. The van der Waals surface area contributed by atoms with E-state index in [9.17, 15) is 5.11 Å². The van der Waals surface area contributed by atoms with Crippen LogP contribution in [-0.4, -0.2) is 42.3 Å². The summed E-state index contributed by atoms with van der Waals surface area (Å²) in [7, 11) is 0. The quantitative estimate of drug-likeness (QED) is 0.793. The summed E-state index contributed by atoms with van der Waals surface area (Å²) in [6, 6.07) is 16.7. The lowest BCUT2D eigenvalue weighted by atomic mass is 10.0. The first-order valence-electron chi connectivity index (χ1n) is 10.1. The maximum Gasteiger partial charge on any atom is 0.142 e. The number of aliphatic hydroxyl groups excluding tert-OH is 1. The third kappa shape index (κ3) is 5.24. The van der Waals surface area contributed by atoms with E-state index in [1.807, 2.05) is 19.1 Å². The number of rotatable bonds is 7. The first-order chi connectivity index (χ1) is 13.1. The number of aliphatic hydroxyl groups is 1. The summed E-state index contributed by atoms with van der Waals surface area (Å²) in [5.41, 5.74) is 3.49. The first-order valence-corrected chi connectivity index (χ1v) is 10.1. The number of para-hydroxylation sites is 2. The second-order valence-corrected chi connectivity index (χ2v) is 7.57. The minimum Gasteiger partial charge on any atom is -0.489 e. The summed E-state index contributed by atoms with van der Waals surface area (Å²) in [5.74, 6) is 0.974. The van der Waals surface area contributed by atoms with Gasteiger partial charge in [-0.2, -0.15) is 0 Å². The Bertz CT molecular complexity index is 724. The molecule has 1 unspecified atom stereocenters. The number of benzene rings is 2. The SMILES string of the molecule is CCC(O)c1cccc(CN2CCN(c3ccccc3OC(C)C)CC2)c1. The maximum absolute atomic E-state index is 10.1. The van der Waals surface area contributed by atoms with E-state index in [1.54, 1.807) is 0 Å². The molecule has 3 rings (SSSR count). The molecule has 1 aliphatic heterocycles. The number of anilines is 1. The van der Waals surface area contributed by atoms with Gasteiger partial charge in [0.1, 0.15) is 5.75 Å². The average molecular weight is 369 g/mol. The Hall–Kier alpha value is -2.04. The fourth-order valence-corrected chi connectivity index (χ4v) is 3.61. The minimum absolute atomic E-state index is 0.179. The monoisotopic (exact) mass is 368 g/mol. The van der Waals surface area contributed by atoms with Crippen molar-refractivity contribution in [2.45, 2.75) is 45.9 Å². The van der Waals surface area contributed by atoms with Crippen LogP contribution >= 0.6 is 0 Å². The summed E-state index contributed by atoms with van der Waals surface area (Å²) < 4.78 is 5.99. The molecule has 1 heterocycles. The van der Waals surface area contributed by atoms with Crippen LogP contribution in [0, 0.1) is 0 Å². The van der Waals surface area contributed by atoms with Crippen LogP contribution in [0.5, 0.6) is 5.75 Å². The van der Waals surface area contributed by atoms with Gasteiger partial charge in [0.2, 0.25) is 0 Å². The molecular formula is C23H32N2O2. The smallest absolute Gasteiger partial charge is 0.142 e. The molecule has 4 nitrogen and oxygen atoms in total. The summed E-state index contributed by atoms with van der Waals surface area (Å²) in [4.78, 5) is 4.91. The lowest BCUT2D eigenvalue weighted by Crippen LogP contribution is -2.46. The molecule has 0 aliphatic carbocycles. The summed E-state index contributed by atoms with van der Waals surface area (Å²) in [6.07, 6.45) is 0.567. The minimum atomic E-state index is -0.362. The Morgan fingerprint density at radius 2 is 1.74 bits per heavy atom. The zero-order valence-corrected chi connectivity index (χ0v) is 16.8. The van der Waals surface area contributed by atoms with Gasteiger partial charge in [-0.3, -0.25) is 4.90 Å². The number of nitrogens with zero attached hydrogens (tertiary/aromatic N) is 2. The fraction of sp³-hybridized carbons (Fsp3) is 0.478. The highest BCUT2D eigenvalue weighted by atomic mass is 16.5. The van der Waals surface area contributed by atoms with Crippen molar-refractivity contribution in [1.82, 2.24) is 4.90 Å². The van der Waals surface area contributed by atoms with Gasteiger partial charge in [-0.1, -0.05) is 43.3 Å². The van der Waals surface area contributed by atoms with Gasteiger partial charge in [0, 0.05) is 32.7 Å². The predicted octanol–water partition coefficient (Wildman–Crippen LogP) is 4.24. The van der Waals surface area contributed by atoms with E-state index in [2.05, 4.69) is 60.0 Å². The molecule has 2 aromatic rings. The molecule has 27 heavy (non-hydrogen) atoms. The van der Waals surface area contributed by atoms with Gasteiger partial charge in [-0.05, 0) is 43.5 Å². The van der Waals surface area contributed by atoms with Crippen LogP contribution in [0.15, 0.2) is 48.5 Å². The Labute approximate surface area is 163 Å². The summed E-state index contributed by atoms with van der Waals surface area (Å²) >= 11 is 0. The molecule has 0 amide bonds. The normalized spacial score (nSPS) is 16.6. The summed E-state index contributed by atoms with van der Waals surface area (Å²) in [6.45, 7) is 11.1. The second kappa shape index (κ2) is 9.25. The van der Waals surface area contributed by atoms with Crippen molar-refractivity contribution in [3.63, 3.8) is 0 Å². The third-order valence-corrected chi connectivity index (χ3v) is 5.07. The Balaban J connectivity index is 1.60.